The van der Waals surface area contributed by atoms with Crippen molar-refractivity contribution in [3.63, 3.8) is 0 Å². The van der Waals surface area contributed by atoms with E-state index in [1.165, 1.54) is 24.3 Å². The Labute approximate surface area is 186 Å². The topological polar surface area (TPSA) is 58.9 Å². The van der Waals surface area contributed by atoms with Crippen LogP contribution in [0.15, 0.2) is 65.8 Å². The van der Waals surface area contributed by atoms with E-state index >= 15 is 0 Å². The van der Waals surface area contributed by atoms with Crippen LogP contribution in [0.1, 0.15) is 33.5 Å². The molecule has 0 fully saturated rings. The number of hydrogen-bond donors (Lipinski definition) is 1. The van der Waals surface area contributed by atoms with Crippen molar-refractivity contribution in [3.05, 3.63) is 82.9 Å². The summed E-state index contributed by atoms with van der Waals surface area (Å²) in [7, 11) is 0. The van der Waals surface area contributed by atoms with Crippen LogP contribution in [0, 0.1) is 0 Å². The van der Waals surface area contributed by atoms with Gasteiger partial charge in [0.1, 0.15) is 0 Å². The first-order chi connectivity index (χ1) is 14.8. The smallest absolute Gasteiger partial charge is 0.435 e. The average molecular weight is 539 g/mol. The van der Waals surface area contributed by atoms with Gasteiger partial charge in [0, 0.05) is 22.0 Å². The molecule has 3 aromatic rings. The molecule has 1 N–H and O–H groups in total. The van der Waals surface area contributed by atoms with Crippen molar-refractivity contribution in [3.8, 4) is 0 Å². The summed E-state index contributed by atoms with van der Waals surface area (Å²) in [6, 6.07) is 15.8. The van der Waals surface area contributed by atoms with Gasteiger partial charge in [-0.1, -0.05) is 64.3 Å². The van der Waals surface area contributed by atoms with Gasteiger partial charge in [0.25, 0.3) is 5.60 Å². The number of oxime groups is 1. The van der Waals surface area contributed by atoms with E-state index in [0.717, 1.165) is 9.99 Å². The highest BCUT2D eigenvalue weighted by molar-refractivity contribution is 14.2. The van der Waals surface area contributed by atoms with Crippen molar-refractivity contribution in [2.75, 3.05) is 0 Å². The number of halogens is 4. The summed E-state index contributed by atoms with van der Waals surface area (Å²) in [5, 5.41) is 14.2. The lowest BCUT2D eigenvalue weighted by molar-refractivity contribution is -0.275. The number of rotatable bonds is 5. The van der Waals surface area contributed by atoms with Crippen molar-refractivity contribution in [1.29, 1.82) is 0 Å². The van der Waals surface area contributed by atoms with Crippen molar-refractivity contribution >= 4 is 47.7 Å². The Hall–Kier alpha value is -2.75. The van der Waals surface area contributed by atoms with Crippen LogP contribution in [-0.2, 0) is 14.9 Å². The number of carboxylic acids is 1. The molecule has 0 radical (unpaired) electrons. The molecule has 1 aliphatic heterocycles. The van der Waals surface area contributed by atoms with Crippen molar-refractivity contribution in [2.24, 2.45) is 5.16 Å². The minimum atomic E-state index is -4.70. The SMILES string of the molecule is C=ICc1ccc(C2(C(F)(F)F)CC(c3ccc(C(=O)O)c4ccccc34)=NO2)cc1. The van der Waals surface area contributed by atoms with Crippen LogP contribution < -0.4 is 0 Å². The Morgan fingerprint density at radius 2 is 1.77 bits per heavy atom. The van der Waals surface area contributed by atoms with Gasteiger partial charge >= 0.3 is 12.1 Å². The molecule has 1 aliphatic rings. The maximum atomic E-state index is 14.2. The molecule has 31 heavy (non-hydrogen) atoms. The molecule has 0 saturated carbocycles. The molecule has 1 atom stereocenters. The van der Waals surface area contributed by atoms with Gasteiger partial charge in [-0.3, -0.25) is 0 Å². The van der Waals surface area contributed by atoms with E-state index in [2.05, 4.69) is 9.67 Å². The molecule has 4 nitrogen and oxygen atoms in total. The van der Waals surface area contributed by atoms with Crippen LogP contribution in [0.4, 0.5) is 13.2 Å². The van der Waals surface area contributed by atoms with E-state index in [-0.39, 0.29) is 37.6 Å². The Bertz CT molecular complexity index is 1200. The zero-order valence-electron chi connectivity index (χ0n) is 16.1. The van der Waals surface area contributed by atoms with Crippen LogP contribution in [0.25, 0.3) is 10.8 Å². The van der Waals surface area contributed by atoms with Gasteiger partial charge in [0.15, 0.2) is 0 Å². The third kappa shape index (κ3) is 3.73. The fraction of sp³-hybridized carbons (Fsp3) is 0.174. The summed E-state index contributed by atoms with van der Waals surface area (Å²) in [5.41, 5.74) is -1.05. The first-order valence-corrected chi connectivity index (χ1v) is 12.3. The maximum absolute atomic E-state index is 14.2. The van der Waals surface area contributed by atoms with Crippen LogP contribution in [-0.4, -0.2) is 27.5 Å². The van der Waals surface area contributed by atoms with Crippen molar-refractivity contribution < 1.29 is 27.9 Å². The van der Waals surface area contributed by atoms with Crippen molar-refractivity contribution in [2.45, 2.75) is 22.6 Å². The summed E-state index contributed by atoms with van der Waals surface area (Å²) >= 11 is -0.259. The molecule has 4 rings (SSSR count). The number of carbonyl (C=O) groups is 1. The third-order valence-electron chi connectivity index (χ3n) is 5.32. The maximum Gasteiger partial charge on any atom is 0.435 e. The second-order valence-electron chi connectivity index (χ2n) is 7.16. The standard InChI is InChI=1S/C23H17F3INO3/c1-27-13-14-6-8-15(9-7-14)22(23(24,25)26)12-20(28-31-22)18-10-11-19(21(29)30)17-5-3-2-4-16(17)18/h2-11H,1,12-13H2,(H,29,30). The molecule has 160 valence electrons. The van der Waals surface area contributed by atoms with Crippen LogP contribution in [0.5, 0.6) is 0 Å². The summed E-state index contributed by atoms with van der Waals surface area (Å²) in [6.45, 7) is 0. The molecule has 3 aromatic carbocycles. The van der Waals surface area contributed by atoms with Gasteiger partial charge < -0.3 is 9.94 Å². The van der Waals surface area contributed by atoms with Crippen LogP contribution in [0.3, 0.4) is 0 Å². The molecule has 0 bridgehead atoms. The van der Waals surface area contributed by atoms with Crippen molar-refractivity contribution in [1.82, 2.24) is 0 Å². The molecule has 0 saturated heterocycles. The van der Waals surface area contributed by atoms with Gasteiger partial charge in [-0.05, 0) is 22.4 Å². The van der Waals surface area contributed by atoms with E-state index in [1.807, 2.05) is 0 Å². The molecule has 0 aliphatic carbocycles. The molecule has 0 spiro atoms. The summed E-state index contributed by atoms with van der Waals surface area (Å²) < 4.78 is 47.4. The lowest BCUT2D eigenvalue weighted by Gasteiger charge is -2.29. The number of aromatic carboxylic acids is 1. The lowest BCUT2D eigenvalue weighted by atomic mass is 9.85. The molecular weight excluding hydrogens is 522 g/mol. The second kappa shape index (κ2) is 8.07. The summed E-state index contributed by atoms with van der Waals surface area (Å²) in [5.74, 6) is -1.11. The molecule has 0 amide bonds. The molecule has 0 aromatic heterocycles. The minimum Gasteiger partial charge on any atom is -0.478 e. The number of alkyl halides is 4. The summed E-state index contributed by atoms with van der Waals surface area (Å²) in [6.07, 6.45) is -5.20. The Morgan fingerprint density at radius 1 is 1.10 bits per heavy atom. The monoisotopic (exact) mass is 539 g/mol. The van der Waals surface area contributed by atoms with Gasteiger partial charge in [-0.2, -0.15) is 13.2 Å². The predicted molar refractivity (Wildman–Crippen MR) is 122 cm³/mol. The number of fused-ring (bicyclic) bond motifs is 1. The Morgan fingerprint density at radius 3 is 2.39 bits per heavy atom. The highest BCUT2D eigenvalue weighted by Crippen LogP contribution is 2.49. The van der Waals surface area contributed by atoms with Gasteiger partial charge in [0.05, 0.1) is 11.3 Å². The van der Waals surface area contributed by atoms with Gasteiger partial charge in [0.2, 0.25) is 0 Å². The van der Waals surface area contributed by atoms with E-state index in [9.17, 15) is 23.1 Å². The fourth-order valence-corrected chi connectivity index (χ4v) is 4.89. The third-order valence-corrected chi connectivity index (χ3v) is 6.74. The minimum absolute atomic E-state index is 0.0174. The highest BCUT2D eigenvalue weighted by atomic mass is 127. The van der Waals surface area contributed by atoms with Crippen LogP contribution >= 0.6 is 20.7 Å². The van der Waals surface area contributed by atoms with E-state index in [4.69, 9.17) is 4.84 Å². The first kappa shape index (κ1) is 21.5. The normalized spacial score (nSPS) is 18.6. The van der Waals surface area contributed by atoms with Gasteiger partial charge in [-0.15, -0.1) is 20.7 Å². The quantitative estimate of drug-likeness (QED) is 0.319. The highest BCUT2D eigenvalue weighted by Gasteiger charge is 2.62. The lowest BCUT2D eigenvalue weighted by Crippen LogP contribution is -2.42. The first-order valence-electron chi connectivity index (χ1n) is 9.26. The zero-order chi connectivity index (χ0) is 22.2. The second-order valence-corrected chi connectivity index (χ2v) is 9.00. The molecule has 1 unspecified atom stereocenters. The van der Waals surface area contributed by atoms with E-state index < -0.39 is 24.2 Å². The number of hydrogen-bond acceptors (Lipinski definition) is 3. The Kier molecular flexibility index (Phi) is 5.59. The molecule has 1 heterocycles. The predicted octanol–water partition coefficient (Wildman–Crippen LogP) is 6.02. The van der Waals surface area contributed by atoms with E-state index in [0.29, 0.717) is 16.3 Å². The molecular formula is C23H17F3INO3. The summed E-state index contributed by atoms with van der Waals surface area (Å²) in [4.78, 5) is 16.7. The average Bonchev–Trinajstić information content (AvgIpc) is 3.20. The Balaban J connectivity index is 1.78. The largest absolute Gasteiger partial charge is 0.478 e. The van der Waals surface area contributed by atoms with Crippen LogP contribution in [0.2, 0.25) is 0 Å². The fourth-order valence-electron chi connectivity index (χ4n) is 3.76. The number of nitrogens with zero attached hydrogens (tertiary/aromatic N) is 1. The number of benzene rings is 3. The zero-order valence-corrected chi connectivity index (χ0v) is 18.3. The molecule has 8 heteroatoms. The van der Waals surface area contributed by atoms with E-state index in [1.54, 1.807) is 36.4 Å². The van der Waals surface area contributed by atoms with Gasteiger partial charge in [-0.25, -0.2) is 4.79 Å². The number of carboxylic acid groups (broad SMARTS) is 1.